The first kappa shape index (κ1) is 25.8. The lowest BCUT2D eigenvalue weighted by Gasteiger charge is -2.11. The highest BCUT2D eigenvalue weighted by molar-refractivity contribution is 8.18. The van der Waals surface area contributed by atoms with Crippen LogP contribution in [0.15, 0.2) is 82.0 Å². The molecule has 0 spiro atoms. The standard InChI is InChI=1S/C29H29N3O5S/c1-2-36-29(35)26-27(34)24(38-28(26)31-20-9-4-3-5-10-20)15-19-17-32(23-13-7-6-12-22(19)23)18-25(33)30-16-21-11-8-14-37-21/h3-7,9-10,12-13,15,17,21,34H,2,8,11,14,16,18H2,1H3,(H,30,33)/b24-15-,31-28?/t21-/m0/s1. The number of nitrogens with one attached hydrogen (secondary N) is 1. The molecule has 38 heavy (non-hydrogen) atoms. The quantitative estimate of drug-likeness (QED) is 0.391. The highest BCUT2D eigenvalue weighted by atomic mass is 32.2. The Bertz CT molecular complexity index is 1430. The molecule has 196 valence electrons. The lowest BCUT2D eigenvalue weighted by Crippen LogP contribution is -2.34. The summed E-state index contributed by atoms with van der Waals surface area (Å²) < 4.78 is 12.7. The first-order valence-electron chi connectivity index (χ1n) is 12.6. The summed E-state index contributed by atoms with van der Waals surface area (Å²) in [6, 6.07) is 17.0. The van der Waals surface area contributed by atoms with Crippen molar-refractivity contribution in [3.8, 4) is 0 Å². The molecule has 1 atom stereocenters. The van der Waals surface area contributed by atoms with Crippen molar-refractivity contribution in [3.63, 3.8) is 0 Å². The number of benzene rings is 2. The molecule has 2 aliphatic heterocycles. The molecular weight excluding hydrogens is 502 g/mol. The molecule has 1 aromatic heterocycles. The molecular formula is C29H29N3O5S. The van der Waals surface area contributed by atoms with Crippen molar-refractivity contribution >= 4 is 51.3 Å². The number of aromatic nitrogens is 1. The Balaban J connectivity index is 1.45. The minimum Gasteiger partial charge on any atom is -0.506 e. The molecule has 0 bridgehead atoms. The fraction of sp³-hybridized carbons (Fsp3) is 0.276. The molecule has 0 aliphatic carbocycles. The van der Waals surface area contributed by atoms with Crippen LogP contribution in [-0.2, 0) is 25.6 Å². The summed E-state index contributed by atoms with van der Waals surface area (Å²) in [4.78, 5) is 30.5. The summed E-state index contributed by atoms with van der Waals surface area (Å²) in [5.74, 6) is -0.893. The Morgan fingerprint density at radius 1 is 1.21 bits per heavy atom. The predicted octanol–water partition coefficient (Wildman–Crippen LogP) is 5.13. The van der Waals surface area contributed by atoms with Gasteiger partial charge < -0.3 is 24.5 Å². The monoisotopic (exact) mass is 531 g/mol. The number of aliphatic imine (C=N–C) groups is 1. The minimum atomic E-state index is -0.624. The molecule has 1 fully saturated rings. The van der Waals surface area contributed by atoms with Gasteiger partial charge in [0.2, 0.25) is 5.91 Å². The molecule has 0 saturated carbocycles. The molecule has 2 aromatic carbocycles. The van der Waals surface area contributed by atoms with E-state index in [1.54, 1.807) is 6.92 Å². The number of carbonyl (C=O) groups excluding carboxylic acids is 2. The van der Waals surface area contributed by atoms with Gasteiger partial charge in [0.15, 0.2) is 0 Å². The van der Waals surface area contributed by atoms with Crippen LogP contribution in [0.1, 0.15) is 25.3 Å². The van der Waals surface area contributed by atoms with Crippen LogP contribution in [0.3, 0.4) is 0 Å². The summed E-state index contributed by atoms with van der Waals surface area (Å²) in [5.41, 5.74) is 2.41. The van der Waals surface area contributed by atoms with Gasteiger partial charge in [-0.15, -0.1) is 0 Å². The molecule has 1 amide bonds. The molecule has 2 N–H and O–H groups in total. The van der Waals surface area contributed by atoms with Crippen molar-refractivity contribution in [2.75, 3.05) is 19.8 Å². The lowest BCUT2D eigenvalue weighted by molar-refractivity contribution is -0.138. The van der Waals surface area contributed by atoms with Gasteiger partial charge in [-0.1, -0.05) is 48.2 Å². The summed E-state index contributed by atoms with van der Waals surface area (Å²) in [6.45, 7) is 3.30. The van der Waals surface area contributed by atoms with Crippen molar-refractivity contribution in [3.05, 3.63) is 82.6 Å². The number of thioether (sulfide) groups is 1. The average Bonchev–Trinajstić information content (AvgIpc) is 3.63. The Hall–Kier alpha value is -3.82. The second kappa shape index (κ2) is 11.7. The molecule has 3 heterocycles. The van der Waals surface area contributed by atoms with Crippen LogP contribution in [0.5, 0.6) is 0 Å². The highest BCUT2D eigenvalue weighted by Crippen LogP contribution is 2.41. The molecule has 2 aliphatic rings. The summed E-state index contributed by atoms with van der Waals surface area (Å²) >= 11 is 1.21. The van der Waals surface area contributed by atoms with Gasteiger partial charge in [0.05, 0.1) is 23.3 Å². The van der Waals surface area contributed by atoms with Crippen LogP contribution >= 0.6 is 11.8 Å². The third-order valence-corrected chi connectivity index (χ3v) is 7.35. The van der Waals surface area contributed by atoms with E-state index in [0.717, 1.165) is 35.9 Å². The van der Waals surface area contributed by atoms with Gasteiger partial charge >= 0.3 is 5.97 Å². The smallest absolute Gasteiger partial charge is 0.344 e. The number of rotatable bonds is 8. The van der Waals surface area contributed by atoms with Crippen LogP contribution in [0.25, 0.3) is 17.0 Å². The van der Waals surface area contributed by atoms with Gasteiger partial charge in [-0.3, -0.25) is 4.79 Å². The number of carbonyl (C=O) groups is 2. The van der Waals surface area contributed by atoms with Crippen molar-refractivity contribution in [1.29, 1.82) is 0 Å². The summed E-state index contributed by atoms with van der Waals surface area (Å²) in [6.07, 6.45) is 5.76. The van der Waals surface area contributed by atoms with Gasteiger partial charge in [0, 0.05) is 35.8 Å². The molecule has 5 rings (SSSR count). The summed E-state index contributed by atoms with van der Waals surface area (Å²) in [5, 5.41) is 15.3. The number of aliphatic hydroxyl groups excluding tert-OH is 1. The minimum absolute atomic E-state index is 0.0456. The predicted molar refractivity (Wildman–Crippen MR) is 149 cm³/mol. The van der Waals surface area contributed by atoms with Crippen molar-refractivity contribution in [2.45, 2.75) is 32.4 Å². The highest BCUT2D eigenvalue weighted by Gasteiger charge is 2.33. The maximum Gasteiger partial charge on any atom is 0.344 e. The Labute approximate surface area is 225 Å². The maximum absolute atomic E-state index is 12.7. The number of para-hydroxylation sites is 2. The van der Waals surface area contributed by atoms with E-state index < -0.39 is 5.97 Å². The zero-order chi connectivity index (χ0) is 26.5. The molecule has 9 heteroatoms. The number of esters is 1. The van der Waals surface area contributed by atoms with Crippen LogP contribution in [0.4, 0.5) is 5.69 Å². The fourth-order valence-electron chi connectivity index (χ4n) is 4.52. The number of aliphatic hydroxyl groups is 1. The topological polar surface area (TPSA) is 102 Å². The number of nitrogens with zero attached hydrogens (tertiary/aromatic N) is 2. The van der Waals surface area contributed by atoms with Crippen molar-refractivity contribution in [2.24, 2.45) is 4.99 Å². The largest absolute Gasteiger partial charge is 0.506 e. The van der Waals surface area contributed by atoms with Crippen LogP contribution in [-0.4, -0.2) is 52.5 Å². The molecule has 8 nitrogen and oxygen atoms in total. The van der Waals surface area contributed by atoms with Gasteiger partial charge in [0.1, 0.15) is 22.9 Å². The van der Waals surface area contributed by atoms with Crippen LogP contribution in [0, 0.1) is 0 Å². The number of amides is 1. The van der Waals surface area contributed by atoms with E-state index in [2.05, 4.69) is 10.3 Å². The molecule has 3 aromatic rings. The zero-order valence-electron chi connectivity index (χ0n) is 21.1. The van der Waals surface area contributed by atoms with Crippen molar-refractivity contribution in [1.82, 2.24) is 9.88 Å². The Kier molecular flexibility index (Phi) is 7.95. The SMILES string of the molecule is CCOC(=O)C1=C(O)/C(=C/c2cn(CC(=O)NC[C@@H]3CCCO3)c3ccccc23)SC1=Nc1ccccc1. The third-order valence-electron chi connectivity index (χ3n) is 6.33. The van der Waals surface area contributed by atoms with Gasteiger partial charge in [-0.05, 0) is 44.0 Å². The zero-order valence-corrected chi connectivity index (χ0v) is 21.9. The van der Waals surface area contributed by atoms with E-state index >= 15 is 0 Å². The van der Waals surface area contributed by atoms with E-state index in [4.69, 9.17) is 9.47 Å². The number of ether oxygens (including phenoxy) is 2. The lowest BCUT2D eigenvalue weighted by atomic mass is 10.1. The first-order valence-corrected chi connectivity index (χ1v) is 13.5. The van der Waals surface area contributed by atoms with E-state index in [0.29, 0.717) is 22.2 Å². The van der Waals surface area contributed by atoms with E-state index in [1.165, 1.54) is 11.8 Å². The first-order chi connectivity index (χ1) is 18.5. The second-order valence-corrected chi connectivity index (χ2v) is 10.0. The average molecular weight is 532 g/mol. The second-order valence-electron chi connectivity index (χ2n) is 8.98. The molecule has 1 saturated heterocycles. The number of fused-ring (bicyclic) bond motifs is 1. The Morgan fingerprint density at radius 3 is 2.76 bits per heavy atom. The number of hydrogen-bond donors (Lipinski definition) is 2. The maximum atomic E-state index is 12.7. The molecule has 0 radical (unpaired) electrons. The van der Waals surface area contributed by atoms with Gasteiger partial charge in [-0.25, -0.2) is 9.79 Å². The molecule has 0 unspecified atom stereocenters. The summed E-state index contributed by atoms with van der Waals surface area (Å²) in [7, 11) is 0. The van der Waals surface area contributed by atoms with E-state index in [9.17, 15) is 14.7 Å². The van der Waals surface area contributed by atoms with Gasteiger partial charge in [-0.2, -0.15) is 0 Å². The van der Waals surface area contributed by atoms with Crippen LogP contribution in [0.2, 0.25) is 0 Å². The Morgan fingerprint density at radius 2 is 2.00 bits per heavy atom. The van der Waals surface area contributed by atoms with E-state index in [-0.39, 0.29) is 36.5 Å². The van der Waals surface area contributed by atoms with E-state index in [1.807, 2.05) is 71.4 Å². The number of hydrogen-bond acceptors (Lipinski definition) is 7. The third kappa shape index (κ3) is 5.69. The van der Waals surface area contributed by atoms with Crippen molar-refractivity contribution < 1.29 is 24.2 Å². The van der Waals surface area contributed by atoms with Gasteiger partial charge in [0.25, 0.3) is 0 Å². The normalized spacial score (nSPS) is 19.6. The van der Waals surface area contributed by atoms with Crippen LogP contribution < -0.4 is 5.32 Å². The fourth-order valence-corrected chi connectivity index (χ4v) is 5.54.